The Kier molecular flexibility index (Phi) is 4.07. The fourth-order valence-corrected chi connectivity index (χ4v) is 3.20. The highest BCUT2D eigenvalue weighted by molar-refractivity contribution is 7.98. The SMILES string of the molecule is CN=C1CCOc2cc(SCc3ccccc3)ccc21. The lowest BCUT2D eigenvalue weighted by Crippen LogP contribution is -2.16. The Balaban J connectivity index is 1.76. The summed E-state index contributed by atoms with van der Waals surface area (Å²) in [5.74, 6) is 1.95. The lowest BCUT2D eigenvalue weighted by Gasteiger charge is -2.19. The van der Waals surface area contributed by atoms with Crippen molar-refractivity contribution in [2.45, 2.75) is 17.1 Å². The van der Waals surface area contributed by atoms with Crippen LogP contribution < -0.4 is 4.74 Å². The molecule has 2 aromatic rings. The Morgan fingerprint density at radius 3 is 2.80 bits per heavy atom. The van der Waals surface area contributed by atoms with E-state index in [1.807, 2.05) is 24.9 Å². The molecule has 0 saturated heterocycles. The van der Waals surface area contributed by atoms with Crippen LogP contribution in [0.2, 0.25) is 0 Å². The highest BCUT2D eigenvalue weighted by Gasteiger charge is 2.16. The molecule has 0 atom stereocenters. The molecule has 0 spiro atoms. The smallest absolute Gasteiger partial charge is 0.129 e. The summed E-state index contributed by atoms with van der Waals surface area (Å²) in [6.07, 6.45) is 0.903. The number of aliphatic imine (C=N–C) groups is 1. The maximum Gasteiger partial charge on any atom is 0.129 e. The molecule has 0 aliphatic carbocycles. The van der Waals surface area contributed by atoms with Crippen molar-refractivity contribution in [3.05, 3.63) is 59.7 Å². The zero-order valence-electron chi connectivity index (χ0n) is 11.5. The van der Waals surface area contributed by atoms with E-state index in [1.54, 1.807) is 0 Å². The van der Waals surface area contributed by atoms with Gasteiger partial charge in [-0.1, -0.05) is 30.3 Å². The number of benzene rings is 2. The van der Waals surface area contributed by atoms with Crippen molar-refractivity contribution in [3.63, 3.8) is 0 Å². The molecular weight excluding hydrogens is 266 g/mol. The van der Waals surface area contributed by atoms with Crippen LogP contribution in [0, 0.1) is 0 Å². The van der Waals surface area contributed by atoms with E-state index in [0.29, 0.717) is 0 Å². The fourth-order valence-electron chi connectivity index (χ4n) is 2.32. The summed E-state index contributed by atoms with van der Waals surface area (Å²) in [6, 6.07) is 16.9. The monoisotopic (exact) mass is 283 g/mol. The van der Waals surface area contributed by atoms with E-state index >= 15 is 0 Å². The number of nitrogens with zero attached hydrogens (tertiary/aromatic N) is 1. The van der Waals surface area contributed by atoms with Crippen molar-refractivity contribution >= 4 is 17.5 Å². The van der Waals surface area contributed by atoms with Crippen molar-refractivity contribution in [2.75, 3.05) is 13.7 Å². The molecule has 0 N–H and O–H groups in total. The molecule has 1 heterocycles. The molecule has 0 bridgehead atoms. The van der Waals surface area contributed by atoms with Gasteiger partial charge in [0.05, 0.1) is 6.61 Å². The minimum atomic E-state index is 0.729. The second-order valence-corrected chi connectivity index (χ2v) is 5.75. The van der Waals surface area contributed by atoms with Crippen LogP contribution in [0.25, 0.3) is 0 Å². The molecular formula is C17H17NOS. The van der Waals surface area contributed by atoms with Crippen molar-refractivity contribution in [1.82, 2.24) is 0 Å². The van der Waals surface area contributed by atoms with Gasteiger partial charge in [-0.2, -0.15) is 0 Å². The number of ether oxygens (including phenoxy) is 1. The molecule has 0 amide bonds. The quantitative estimate of drug-likeness (QED) is 0.788. The summed E-state index contributed by atoms with van der Waals surface area (Å²) >= 11 is 1.84. The van der Waals surface area contributed by atoms with Gasteiger partial charge in [-0.05, 0) is 23.8 Å². The van der Waals surface area contributed by atoms with E-state index in [4.69, 9.17) is 4.74 Å². The summed E-state index contributed by atoms with van der Waals surface area (Å²) in [6.45, 7) is 0.729. The van der Waals surface area contributed by atoms with Crippen molar-refractivity contribution in [3.8, 4) is 5.75 Å². The number of thioether (sulfide) groups is 1. The van der Waals surface area contributed by atoms with Crippen LogP contribution in [0.1, 0.15) is 17.5 Å². The van der Waals surface area contributed by atoms with Gasteiger partial charge in [0.25, 0.3) is 0 Å². The summed E-state index contributed by atoms with van der Waals surface area (Å²) < 4.78 is 5.75. The molecule has 3 heteroatoms. The Hall–Kier alpha value is -1.74. The largest absolute Gasteiger partial charge is 0.492 e. The second kappa shape index (κ2) is 6.14. The number of rotatable bonds is 3. The topological polar surface area (TPSA) is 21.6 Å². The minimum Gasteiger partial charge on any atom is -0.492 e. The van der Waals surface area contributed by atoms with E-state index in [-0.39, 0.29) is 0 Å². The maximum absolute atomic E-state index is 5.75. The third-order valence-corrected chi connectivity index (χ3v) is 4.44. The van der Waals surface area contributed by atoms with Gasteiger partial charge in [-0.15, -0.1) is 11.8 Å². The first-order valence-electron chi connectivity index (χ1n) is 6.76. The first-order chi connectivity index (χ1) is 9.86. The van der Waals surface area contributed by atoms with E-state index in [1.165, 1.54) is 10.5 Å². The van der Waals surface area contributed by atoms with Crippen LogP contribution in [0.5, 0.6) is 5.75 Å². The summed E-state index contributed by atoms with van der Waals surface area (Å²) in [7, 11) is 1.85. The zero-order valence-corrected chi connectivity index (χ0v) is 12.3. The fraction of sp³-hybridized carbons (Fsp3) is 0.235. The molecule has 0 aromatic heterocycles. The van der Waals surface area contributed by atoms with Crippen molar-refractivity contribution in [2.24, 2.45) is 4.99 Å². The van der Waals surface area contributed by atoms with Gasteiger partial charge < -0.3 is 4.74 Å². The maximum atomic E-state index is 5.75. The Bertz CT molecular complexity index is 622. The minimum absolute atomic E-state index is 0.729. The van der Waals surface area contributed by atoms with E-state index < -0.39 is 0 Å². The van der Waals surface area contributed by atoms with Gasteiger partial charge in [-0.3, -0.25) is 4.99 Å². The average Bonchev–Trinajstić information content (AvgIpc) is 2.53. The third kappa shape index (κ3) is 2.88. The van der Waals surface area contributed by atoms with Gasteiger partial charge >= 0.3 is 0 Å². The van der Waals surface area contributed by atoms with Gasteiger partial charge in [-0.25, -0.2) is 0 Å². The van der Waals surface area contributed by atoms with E-state index in [0.717, 1.165) is 35.8 Å². The van der Waals surface area contributed by atoms with Gasteiger partial charge in [0.2, 0.25) is 0 Å². The Morgan fingerprint density at radius 1 is 1.15 bits per heavy atom. The van der Waals surface area contributed by atoms with E-state index in [9.17, 15) is 0 Å². The average molecular weight is 283 g/mol. The zero-order chi connectivity index (χ0) is 13.8. The summed E-state index contributed by atoms with van der Waals surface area (Å²) in [4.78, 5) is 5.58. The standard InChI is InChI=1S/C17H17NOS/c1-18-16-9-10-19-17-11-14(7-8-15(16)17)20-12-13-5-3-2-4-6-13/h2-8,11H,9-10,12H2,1H3. The van der Waals surface area contributed by atoms with Crippen LogP contribution in [0.3, 0.4) is 0 Å². The normalized spacial score (nSPS) is 15.8. The molecule has 0 unspecified atom stereocenters. The Labute approximate surface area is 123 Å². The number of fused-ring (bicyclic) bond motifs is 1. The molecule has 20 heavy (non-hydrogen) atoms. The predicted octanol–water partition coefficient (Wildman–Crippen LogP) is 4.18. The lowest BCUT2D eigenvalue weighted by molar-refractivity contribution is 0.319. The highest BCUT2D eigenvalue weighted by atomic mass is 32.2. The van der Waals surface area contributed by atoms with Crippen LogP contribution >= 0.6 is 11.8 Å². The lowest BCUT2D eigenvalue weighted by atomic mass is 10.0. The first-order valence-corrected chi connectivity index (χ1v) is 7.75. The molecule has 3 rings (SSSR count). The van der Waals surface area contributed by atoms with E-state index in [2.05, 4.69) is 47.5 Å². The van der Waals surface area contributed by atoms with Gasteiger partial charge in [0.1, 0.15) is 5.75 Å². The van der Waals surface area contributed by atoms with Crippen molar-refractivity contribution in [1.29, 1.82) is 0 Å². The molecule has 2 aromatic carbocycles. The van der Waals surface area contributed by atoms with Crippen molar-refractivity contribution < 1.29 is 4.74 Å². The molecule has 2 nitrogen and oxygen atoms in total. The number of hydrogen-bond donors (Lipinski definition) is 0. The molecule has 0 radical (unpaired) electrons. The molecule has 102 valence electrons. The third-order valence-electron chi connectivity index (χ3n) is 3.38. The summed E-state index contributed by atoms with van der Waals surface area (Å²) in [5, 5.41) is 0. The summed E-state index contributed by atoms with van der Waals surface area (Å²) in [5.41, 5.74) is 3.63. The predicted molar refractivity (Wildman–Crippen MR) is 85.0 cm³/mol. The first kappa shape index (κ1) is 13.3. The van der Waals surface area contributed by atoms with Crippen LogP contribution in [-0.2, 0) is 5.75 Å². The number of hydrogen-bond acceptors (Lipinski definition) is 3. The van der Waals surface area contributed by atoms with Gasteiger partial charge in [0.15, 0.2) is 0 Å². The highest BCUT2D eigenvalue weighted by Crippen LogP contribution is 2.31. The van der Waals surface area contributed by atoms with Crippen LogP contribution in [-0.4, -0.2) is 19.4 Å². The molecule has 0 saturated carbocycles. The molecule has 0 fully saturated rings. The second-order valence-electron chi connectivity index (χ2n) is 4.70. The van der Waals surface area contributed by atoms with Gasteiger partial charge in [0, 0.05) is 35.4 Å². The van der Waals surface area contributed by atoms with Crippen LogP contribution in [0.4, 0.5) is 0 Å². The molecule has 1 aliphatic heterocycles. The Morgan fingerprint density at radius 2 is 2.00 bits per heavy atom. The molecule has 1 aliphatic rings. The van der Waals surface area contributed by atoms with Crippen LogP contribution in [0.15, 0.2) is 58.4 Å².